The van der Waals surface area contributed by atoms with Crippen molar-refractivity contribution in [3.8, 4) is 0 Å². The molecule has 0 saturated carbocycles. The number of anilines is 1. The summed E-state index contributed by atoms with van der Waals surface area (Å²) >= 11 is 0. The second kappa shape index (κ2) is 4.60. The molecule has 0 fully saturated rings. The fourth-order valence-electron chi connectivity index (χ4n) is 1.35. The molecule has 2 nitrogen and oxygen atoms in total. The van der Waals surface area contributed by atoms with Crippen LogP contribution in [0.3, 0.4) is 0 Å². The number of hydrogen-bond acceptors (Lipinski definition) is 2. The molecule has 0 aliphatic heterocycles. The molecule has 1 heterocycles. The van der Waals surface area contributed by atoms with Gasteiger partial charge in [0.2, 0.25) is 0 Å². The summed E-state index contributed by atoms with van der Waals surface area (Å²) in [5.74, 6) is 0. The van der Waals surface area contributed by atoms with Gasteiger partial charge < -0.3 is 5.32 Å². The van der Waals surface area contributed by atoms with E-state index in [4.69, 9.17) is 0 Å². The number of rotatable bonds is 3. The van der Waals surface area contributed by atoms with Crippen LogP contribution in [0.15, 0.2) is 48.7 Å². The zero-order valence-corrected chi connectivity index (χ0v) is 8.77. The molecule has 1 aromatic carbocycles. The number of benzene rings is 1. The van der Waals surface area contributed by atoms with Crippen molar-refractivity contribution in [1.82, 2.24) is 4.98 Å². The van der Waals surface area contributed by atoms with Crippen LogP contribution in [0, 0.1) is 6.92 Å². The van der Waals surface area contributed by atoms with Crippen molar-refractivity contribution < 1.29 is 0 Å². The van der Waals surface area contributed by atoms with E-state index < -0.39 is 0 Å². The van der Waals surface area contributed by atoms with Crippen LogP contribution in [0.5, 0.6) is 0 Å². The Labute approximate surface area is 90.0 Å². The monoisotopic (exact) mass is 198 g/mol. The highest BCUT2D eigenvalue weighted by molar-refractivity contribution is 5.42. The summed E-state index contributed by atoms with van der Waals surface area (Å²) in [6, 6.07) is 14.3. The summed E-state index contributed by atoms with van der Waals surface area (Å²) in [6.45, 7) is 2.81. The number of nitrogens with zero attached hydrogens (tertiary/aromatic N) is 1. The van der Waals surface area contributed by atoms with Gasteiger partial charge in [0.1, 0.15) is 0 Å². The SMILES string of the molecule is Cc1ccc(CNc2ccccc2)nc1. The molecule has 2 heteroatoms. The molecule has 1 aromatic heterocycles. The molecule has 0 aliphatic carbocycles. The predicted molar refractivity (Wildman–Crippen MR) is 62.7 cm³/mol. The lowest BCUT2D eigenvalue weighted by Crippen LogP contribution is -2.00. The van der Waals surface area contributed by atoms with Crippen molar-refractivity contribution in [2.45, 2.75) is 13.5 Å². The Hall–Kier alpha value is -1.83. The van der Waals surface area contributed by atoms with Gasteiger partial charge in [-0.1, -0.05) is 24.3 Å². The van der Waals surface area contributed by atoms with Crippen LogP contribution in [-0.2, 0) is 6.54 Å². The Morgan fingerprint density at radius 2 is 1.87 bits per heavy atom. The fraction of sp³-hybridized carbons (Fsp3) is 0.154. The maximum atomic E-state index is 4.33. The summed E-state index contributed by atoms with van der Waals surface area (Å²) in [5, 5.41) is 3.32. The van der Waals surface area contributed by atoms with E-state index in [0.717, 1.165) is 17.9 Å². The number of aryl methyl sites for hydroxylation is 1. The van der Waals surface area contributed by atoms with Crippen molar-refractivity contribution in [3.05, 3.63) is 59.9 Å². The Kier molecular flexibility index (Phi) is 2.98. The standard InChI is InChI=1S/C13H14N2/c1-11-7-8-13(14-9-11)10-15-12-5-3-2-4-6-12/h2-9,15H,10H2,1H3. The van der Waals surface area contributed by atoms with Gasteiger partial charge in [-0.05, 0) is 30.7 Å². The zero-order chi connectivity index (χ0) is 10.5. The molecule has 1 N–H and O–H groups in total. The normalized spacial score (nSPS) is 9.93. The van der Waals surface area contributed by atoms with E-state index in [1.54, 1.807) is 0 Å². The average molecular weight is 198 g/mol. The smallest absolute Gasteiger partial charge is 0.0594 e. The number of para-hydroxylation sites is 1. The minimum absolute atomic E-state index is 0.768. The lowest BCUT2D eigenvalue weighted by atomic mass is 10.2. The number of hydrogen-bond donors (Lipinski definition) is 1. The third-order valence-electron chi connectivity index (χ3n) is 2.22. The topological polar surface area (TPSA) is 24.9 Å². The maximum Gasteiger partial charge on any atom is 0.0594 e. The van der Waals surface area contributed by atoms with Crippen LogP contribution in [0.4, 0.5) is 5.69 Å². The number of aromatic nitrogens is 1. The third kappa shape index (κ3) is 2.81. The summed E-state index contributed by atoms with van der Waals surface area (Å²) in [7, 11) is 0. The Morgan fingerprint density at radius 3 is 2.53 bits per heavy atom. The van der Waals surface area contributed by atoms with E-state index in [1.807, 2.05) is 49.5 Å². The zero-order valence-electron chi connectivity index (χ0n) is 8.77. The molecule has 0 saturated heterocycles. The van der Waals surface area contributed by atoms with Crippen molar-refractivity contribution in [3.63, 3.8) is 0 Å². The molecule has 76 valence electrons. The highest BCUT2D eigenvalue weighted by atomic mass is 14.9. The average Bonchev–Trinajstić information content (AvgIpc) is 2.30. The molecule has 0 radical (unpaired) electrons. The summed E-state index contributed by atoms with van der Waals surface area (Å²) < 4.78 is 0. The van der Waals surface area contributed by atoms with Crippen molar-refractivity contribution in [1.29, 1.82) is 0 Å². The highest BCUT2D eigenvalue weighted by Gasteiger charge is 1.93. The fourth-order valence-corrected chi connectivity index (χ4v) is 1.35. The molecule has 2 rings (SSSR count). The molecule has 0 unspecified atom stereocenters. The molecule has 0 bridgehead atoms. The molecular weight excluding hydrogens is 184 g/mol. The van der Waals surface area contributed by atoms with Gasteiger partial charge in [-0.25, -0.2) is 0 Å². The molecule has 15 heavy (non-hydrogen) atoms. The summed E-state index contributed by atoms with van der Waals surface area (Å²) in [6.07, 6.45) is 1.89. The first-order valence-corrected chi connectivity index (χ1v) is 5.05. The minimum Gasteiger partial charge on any atom is -0.379 e. The van der Waals surface area contributed by atoms with Crippen LogP contribution in [0.1, 0.15) is 11.3 Å². The minimum atomic E-state index is 0.768. The van der Waals surface area contributed by atoms with Gasteiger partial charge in [0, 0.05) is 11.9 Å². The number of nitrogens with one attached hydrogen (secondary N) is 1. The van der Waals surface area contributed by atoms with Crippen LogP contribution in [-0.4, -0.2) is 4.98 Å². The lowest BCUT2D eigenvalue weighted by Gasteiger charge is -2.05. The first kappa shape index (κ1) is 9.71. The summed E-state index contributed by atoms with van der Waals surface area (Å²) in [4.78, 5) is 4.33. The van der Waals surface area contributed by atoms with Crippen LogP contribution >= 0.6 is 0 Å². The van der Waals surface area contributed by atoms with Gasteiger partial charge >= 0.3 is 0 Å². The van der Waals surface area contributed by atoms with Gasteiger partial charge in [0.15, 0.2) is 0 Å². The van der Waals surface area contributed by atoms with E-state index in [2.05, 4.69) is 16.4 Å². The Bertz CT molecular complexity index is 406. The van der Waals surface area contributed by atoms with Crippen molar-refractivity contribution in [2.24, 2.45) is 0 Å². The van der Waals surface area contributed by atoms with Crippen LogP contribution in [0.25, 0.3) is 0 Å². The second-order valence-electron chi connectivity index (χ2n) is 3.55. The molecule has 0 spiro atoms. The quantitative estimate of drug-likeness (QED) is 0.820. The molecule has 2 aromatic rings. The van der Waals surface area contributed by atoms with E-state index in [0.29, 0.717) is 0 Å². The maximum absolute atomic E-state index is 4.33. The van der Waals surface area contributed by atoms with Crippen molar-refractivity contribution in [2.75, 3.05) is 5.32 Å². The highest BCUT2D eigenvalue weighted by Crippen LogP contribution is 2.07. The van der Waals surface area contributed by atoms with Gasteiger partial charge in [-0.3, -0.25) is 4.98 Å². The molecule has 0 amide bonds. The van der Waals surface area contributed by atoms with Crippen molar-refractivity contribution >= 4 is 5.69 Å². The Morgan fingerprint density at radius 1 is 1.07 bits per heavy atom. The second-order valence-corrected chi connectivity index (χ2v) is 3.55. The van der Waals surface area contributed by atoms with E-state index in [-0.39, 0.29) is 0 Å². The van der Waals surface area contributed by atoms with Gasteiger partial charge in [-0.15, -0.1) is 0 Å². The van der Waals surface area contributed by atoms with E-state index in [9.17, 15) is 0 Å². The van der Waals surface area contributed by atoms with Gasteiger partial charge in [0.25, 0.3) is 0 Å². The predicted octanol–water partition coefficient (Wildman–Crippen LogP) is 3.00. The molecule has 0 aliphatic rings. The van der Waals surface area contributed by atoms with E-state index in [1.165, 1.54) is 5.56 Å². The van der Waals surface area contributed by atoms with E-state index >= 15 is 0 Å². The summed E-state index contributed by atoms with van der Waals surface area (Å²) in [5.41, 5.74) is 3.38. The Balaban J connectivity index is 1.96. The van der Waals surface area contributed by atoms with Gasteiger partial charge in [0.05, 0.1) is 12.2 Å². The first-order valence-electron chi connectivity index (χ1n) is 5.05. The van der Waals surface area contributed by atoms with Crippen LogP contribution in [0.2, 0.25) is 0 Å². The molecule has 0 atom stereocenters. The largest absolute Gasteiger partial charge is 0.379 e. The lowest BCUT2D eigenvalue weighted by molar-refractivity contribution is 1.04. The van der Waals surface area contributed by atoms with Gasteiger partial charge in [-0.2, -0.15) is 0 Å². The first-order chi connectivity index (χ1) is 7.34. The van der Waals surface area contributed by atoms with Crippen LogP contribution < -0.4 is 5.32 Å². The third-order valence-corrected chi connectivity index (χ3v) is 2.22. The number of pyridine rings is 1. The molecular formula is C13H14N2.